The van der Waals surface area contributed by atoms with Crippen molar-refractivity contribution in [1.29, 1.82) is 0 Å². The lowest BCUT2D eigenvalue weighted by molar-refractivity contribution is -0.137. The molecule has 0 spiro atoms. The van der Waals surface area contributed by atoms with E-state index in [1.54, 1.807) is 0 Å². The highest BCUT2D eigenvalue weighted by Crippen LogP contribution is 2.33. The standard InChI is InChI=1S/C26H19F4N5O5/c27-17-11-32-35-19(24(38)34-21-16-6-3-13(25(39)40)7-14(16)8-20(21)36)9-18(33-22(17)35)23(37)31-10-12-1-4-15(5-2-12)26(28,29)30/h1-7,9,11,20-21,36H,8,10H2,(H,31,37)(H,34,38)(H,39,40)/t20-,21+/m0/s1. The monoisotopic (exact) mass is 557 g/mol. The number of benzene rings is 2. The number of halogens is 4. The van der Waals surface area contributed by atoms with E-state index >= 15 is 0 Å². The fourth-order valence-electron chi connectivity index (χ4n) is 4.46. The van der Waals surface area contributed by atoms with Crippen LogP contribution in [0.3, 0.4) is 0 Å². The Morgan fingerprint density at radius 2 is 1.77 bits per heavy atom. The highest BCUT2D eigenvalue weighted by atomic mass is 19.4. The molecular formula is C26H19F4N5O5. The number of carboxylic acid groups (broad SMARTS) is 1. The fraction of sp³-hybridized carbons (Fsp3) is 0.192. The topological polar surface area (TPSA) is 146 Å². The third-order valence-electron chi connectivity index (χ3n) is 6.45. The van der Waals surface area contributed by atoms with E-state index in [9.17, 15) is 42.2 Å². The minimum absolute atomic E-state index is 0.0211. The first-order chi connectivity index (χ1) is 18.9. The van der Waals surface area contributed by atoms with Gasteiger partial charge in [-0.2, -0.15) is 18.3 Å². The third kappa shape index (κ3) is 5.08. The number of aliphatic hydroxyl groups is 1. The van der Waals surface area contributed by atoms with E-state index in [4.69, 9.17) is 0 Å². The molecule has 2 amide bonds. The van der Waals surface area contributed by atoms with Crippen molar-refractivity contribution in [2.45, 2.75) is 31.3 Å². The highest BCUT2D eigenvalue weighted by molar-refractivity contribution is 5.98. The summed E-state index contributed by atoms with van der Waals surface area (Å²) in [6.45, 7) is -0.170. The zero-order valence-corrected chi connectivity index (χ0v) is 20.2. The lowest BCUT2D eigenvalue weighted by atomic mass is 10.0. The lowest BCUT2D eigenvalue weighted by Crippen LogP contribution is -2.35. The number of nitrogens with zero attached hydrogens (tertiary/aromatic N) is 3. The van der Waals surface area contributed by atoms with Gasteiger partial charge < -0.3 is 20.8 Å². The van der Waals surface area contributed by atoms with Gasteiger partial charge in [0.05, 0.1) is 29.5 Å². The van der Waals surface area contributed by atoms with E-state index in [2.05, 4.69) is 20.7 Å². The predicted octanol–water partition coefficient (Wildman–Crippen LogP) is 2.90. The summed E-state index contributed by atoms with van der Waals surface area (Å²) in [5.41, 5.74) is -0.504. The van der Waals surface area contributed by atoms with E-state index in [0.717, 1.165) is 28.9 Å². The Labute approximate surface area is 222 Å². The molecule has 10 nitrogen and oxygen atoms in total. The second kappa shape index (κ2) is 10.0. The van der Waals surface area contributed by atoms with Gasteiger partial charge in [0.25, 0.3) is 11.8 Å². The second-order valence-electron chi connectivity index (χ2n) is 9.07. The summed E-state index contributed by atoms with van der Waals surface area (Å²) in [5, 5.41) is 28.6. The molecule has 0 aliphatic heterocycles. The zero-order chi connectivity index (χ0) is 28.8. The molecule has 2 aromatic carbocycles. The van der Waals surface area contributed by atoms with Crippen molar-refractivity contribution in [2.75, 3.05) is 0 Å². The van der Waals surface area contributed by atoms with Crippen molar-refractivity contribution in [3.8, 4) is 0 Å². The number of carbonyl (C=O) groups is 3. The summed E-state index contributed by atoms with van der Waals surface area (Å²) in [7, 11) is 0. The van der Waals surface area contributed by atoms with Gasteiger partial charge in [-0.25, -0.2) is 18.7 Å². The van der Waals surface area contributed by atoms with Gasteiger partial charge in [-0.15, -0.1) is 0 Å². The highest BCUT2D eigenvalue weighted by Gasteiger charge is 2.34. The van der Waals surface area contributed by atoms with Gasteiger partial charge in [0.15, 0.2) is 11.5 Å². The number of rotatable bonds is 6. The second-order valence-corrected chi connectivity index (χ2v) is 9.07. The Kier molecular flexibility index (Phi) is 6.71. The van der Waals surface area contributed by atoms with Crippen LogP contribution in [-0.4, -0.2) is 48.7 Å². The number of amides is 2. The maximum Gasteiger partial charge on any atom is 0.416 e. The van der Waals surface area contributed by atoms with Crippen LogP contribution in [0.1, 0.15) is 59.6 Å². The Hall–Kier alpha value is -4.85. The molecule has 5 rings (SSSR count). The summed E-state index contributed by atoms with van der Waals surface area (Å²) >= 11 is 0. The minimum Gasteiger partial charge on any atom is -0.478 e. The van der Waals surface area contributed by atoms with Crippen molar-refractivity contribution in [3.05, 3.63) is 99.8 Å². The molecule has 0 radical (unpaired) electrons. The maximum absolute atomic E-state index is 14.4. The number of carbonyl (C=O) groups excluding carboxylic acids is 2. The van der Waals surface area contributed by atoms with Crippen molar-refractivity contribution in [1.82, 2.24) is 25.2 Å². The quantitative estimate of drug-likeness (QED) is 0.267. The van der Waals surface area contributed by atoms with E-state index in [-0.39, 0.29) is 29.9 Å². The number of alkyl halides is 3. The van der Waals surface area contributed by atoms with Gasteiger partial charge in [-0.1, -0.05) is 18.2 Å². The van der Waals surface area contributed by atoms with Crippen LogP contribution in [0.4, 0.5) is 17.6 Å². The van der Waals surface area contributed by atoms with Crippen molar-refractivity contribution >= 4 is 23.4 Å². The SMILES string of the molecule is O=C(O)c1ccc2c(c1)C[C@H](O)[C@@H]2NC(=O)c1cc(C(=O)NCc2ccc(C(F)(F)F)cc2)nc2c(F)cnn12. The molecule has 206 valence electrons. The summed E-state index contributed by atoms with van der Waals surface area (Å²) < 4.78 is 53.6. The molecule has 2 aromatic heterocycles. The van der Waals surface area contributed by atoms with Crippen LogP contribution in [0, 0.1) is 5.82 Å². The van der Waals surface area contributed by atoms with Gasteiger partial charge in [0, 0.05) is 19.0 Å². The first-order valence-electron chi connectivity index (χ1n) is 11.8. The molecule has 0 bridgehead atoms. The molecule has 2 heterocycles. The van der Waals surface area contributed by atoms with Crippen LogP contribution in [-0.2, 0) is 19.1 Å². The number of nitrogens with one attached hydrogen (secondary N) is 2. The molecule has 4 aromatic rings. The van der Waals surface area contributed by atoms with Gasteiger partial charge in [-0.05, 0) is 41.0 Å². The molecule has 1 aliphatic carbocycles. The van der Waals surface area contributed by atoms with Crippen molar-refractivity contribution in [2.24, 2.45) is 0 Å². The Morgan fingerprint density at radius 3 is 2.45 bits per heavy atom. The summed E-state index contributed by atoms with van der Waals surface area (Å²) in [6.07, 6.45) is -4.70. The predicted molar refractivity (Wildman–Crippen MR) is 129 cm³/mol. The molecule has 0 saturated heterocycles. The first kappa shape index (κ1) is 26.7. The number of hydrogen-bond acceptors (Lipinski definition) is 6. The molecular weight excluding hydrogens is 538 g/mol. The number of hydrogen-bond donors (Lipinski definition) is 4. The Morgan fingerprint density at radius 1 is 1.05 bits per heavy atom. The molecule has 40 heavy (non-hydrogen) atoms. The minimum atomic E-state index is -4.51. The normalized spacial score (nSPS) is 16.5. The van der Waals surface area contributed by atoms with Gasteiger partial charge in [0.1, 0.15) is 11.4 Å². The molecule has 0 fully saturated rings. The van der Waals surface area contributed by atoms with E-state index in [1.165, 1.54) is 30.3 Å². The van der Waals surface area contributed by atoms with E-state index in [1.807, 2.05) is 0 Å². The molecule has 0 unspecified atom stereocenters. The van der Waals surface area contributed by atoms with E-state index < -0.39 is 53.1 Å². The number of aromatic carboxylic acids is 1. The number of carboxylic acids is 1. The lowest BCUT2D eigenvalue weighted by Gasteiger charge is -2.18. The number of aliphatic hydroxyl groups excluding tert-OH is 1. The average Bonchev–Trinajstić information content (AvgIpc) is 3.44. The number of aromatic nitrogens is 3. The molecule has 4 N–H and O–H groups in total. The van der Waals surface area contributed by atoms with E-state index in [0.29, 0.717) is 16.7 Å². The van der Waals surface area contributed by atoms with Crippen LogP contribution in [0.2, 0.25) is 0 Å². The maximum atomic E-state index is 14.4. The smallest absolute Gasteiger partial charge is 0.416 e. The largest absolute Gasteiger partial charge is 0.478 e. The van der Waals surface area contributed by atoms with Crippen LogP contribution < -0.4 is 10.6 Å². The summed E-state index contributed by atoms with van der Waals surface area (Å²) in [6, 6.07) is 8.49. The van der Waals surface area contributed by atoms with Crippen LogP contribution in [0.5, 0.6) is 0 Å². The van der Waals surface area contributed by atoms with Crippen LogP contribution in [0.15, 0.2) is 54.7 Å². The molecule has 1 aliphatic rings. The molecule has 14 heteroatoms. The fourth-order valence-corrected chi connectivity index (χ4v) is 4.46. The van der Waals surface area contributed by atoms with Gasteiger partial charge in [-0.3, -0.25) is 9.59 Å². The van der Waals surface area contributed by atoms with Crippen molar-refractivity contribution < 1.29 is 42.2 Å². The van der Waals surface area contributed by atoms with Gasteiger partial charge >= 0.3 is 12.1 Å². The van der Waals surface area contributed by atoms with Crippen LogP contribution in [0.25, 0.3) is 5.65 Å². The van der Waals surface area contributed by atoms with Crippen molar-refractivity contribution in [3.63, 3.8) is 0 Å². The zero-order valence-electron chi connectivity index (χ0n) is 20.2. The third-order valence-corrected chi connectivity index (χ3v) is 6.45. The summed E-state index contributed by atoms with van der Waals surface area (Å²) in [5.74, 6) is -3.72. The van der Waals surface area contributed by atoms with Gasteiger partial charge in [0.2, 0.25) is 0 Å². The Balaban J connectivity index is 1.38. The average molecular weight is 557 g/mol. The summed E-state index contributed by atoms with van der Waals surface area (Å²) in [4.78, 5) is 41.3. The molecule has 2 atom stereocenters. The molecule has 0 saturated carbocycles. The Bertz CT molecular complexity index is 1650. The number of fused-ring (bicyclic) bond motifs is 2. The first-order valence-corrected chi connectivity index (χ1v) is 11.8. The van der Waals surface area contributed by atoms with Crippen LogP contribution >= 0.6 is 0 Å².